The first-order valence-electron chi connectivity index (χ1n) is 8.62. The maximum absolute atomic E-state index is 10.3. The zero-order valence-electron chi connectivity index (χ0n) is 14.3. The van der Waals surface area contributed by atoms with Crippen LogP contribution < -0.4 is 0 Å². The van der Waals surface area contributed by atoms with Crippen molar-refractivity contribution in [2.75, 3.05) is 6.61 Å². The molecule has 0 aliphatic carbocycles. The number of hydrogen-bond donors (Lipinski definition) is 3. The van der Waals surface area contributed by atoms with Gasteiger partial charge in [0.15, 0.2) is 6.29 Å². The van der Waals surface area contributed by atoms with Gasteiger partial charge in [0, 0.05) is 0 Å². The molecular formula is C20H24O6. The largest absolute Gasteiger partial charge is 0.387 e. The number of ether oxygens (including phenoxy) is 3. The van der Waals surface area contributed by atoms with Crippen LogP contribution >= 0.6 is 0 Å². The van der Waals surface area contributed by atoms with Gasteiger partial charge < -0.3 is 29.5 Å². The topological polar surface area (TPSA) is 88.4 Å². The average Bonchev–Trinajstić information content (AvgIpc) is 2.67. The predicted molar refractivity (Wildman–Crippen MR) is 94.0 cm³/mol. The smallest absolute Gasteiger partial charge is 0.184 e. The molecule has 0 radical (unpaired) electrons. The van der Waals surface area contributed by atoms with E-state index in [4.69, 9.17) is 14.2 Å². The number of aliphatic hydroxyl groups excluding tert-OH is 3. The highest BCUT2D eigenvalue weighted by molar-refractivity contribution is 5.14. The van der Waals surface area contributed by atoms with E-state index >= 15 is 0 Å². The maximum Gasteiger partial charge on any atom is 0.184 e. The maximum atomic E-state index is 10.3. The number of aliphatic hydroxyl groups is 3. The van der Waals surface area contributed by atoms with Crippen LogP contribution in [0, 0.1) is 0 Å². The van der Waals surface area contributed by atoms with Crippen molar-refractivity contribution in [1.29, 1.82) is 0 Å². The molecule has 1 fully saturated rings. The molecule has 1 heterocycles. The third-order valence-electron chi connectivity index (χ3n) is 4.34. The summed E-state index contributed by atoms with van der Waals surface area (Å²) >= 11 is 0. The molecule has 6 heteroatoms. The molecule has 3 rings (SSSR count). The summed E-state index contributed by atoms with van der Waals surface area (Å²) < 4.78 is 16.5. The van der Waals surface area contributed by atoms with E-state index in [1.54, 1.807) is 0 Å². The third-order valence-corrected chi connectivity index (χ3v) is 4.34. The lowest BCUT2D eigenvalue weighted by Gasteiger charge is -2.40. The lowest BCUT2D eigenvalue weighted by atomic mass is 9.99. The van der Waals surface area contributed by atoms with Crippen LogP contribution in [0.3, 0.4) is 0 Å². The molecule has 3 N–H and O–H groups in total. The van der Waals surface area contributed by atoms with Gasteiger partial charge in [0.25, 0.3) is 0 Å². The Labute approximate surface area is 152 Å². The molecule has 6 nitrogen and oxygen atoms in total. The minimum absolute atomic E-state index is 0.0512. The fourth-order valence-corrected chi connectivity index (χ4v) is 2.87. The van der Waals surface area contributed by atoms with Crippen molar-refractivity contribution in [1.82, 2.24) is 0 Å². The molecule has 0 saturated carbocycles. The van der Waals surface area contributed by atoms with Crippen LogP contribution in [0.15, 0.2) is 60.7 Å². The zero-order valence-corrected chi connectivity index (χ0v) is 14.3. The van der Waals surface area contributed by atoms with Gasteiger partial charge in [0.1, 0.15) is 24.4 Å². The molecule has 140 valence electrons. The Morgan fingerprint density at radius 3 is 1.96 bits per heavy atom. The minimum Gasteiger partial charge on any atom is -0.387 e. The molecule has 1 aliphatic heterocycles. The second kappa shape index (κ2) is 9.23. The van der Waals surface area contributed by atoms with E-state index in [-0.39, 0.29) is 13.2 Å². The summed E-state index contributed by atoms with van der Waals surface area (Å²) in [7, 11) is 0. The summed E-state index contributed by atoms with van der Waals surface area (Å²) in [5, 5.41) is 30.7. The first-order chi connectivity index (χ1) is 12.6. The van der Waals surface area contributed by atoms with Crippen molar-refractivity contribution in [3.8, 4) is 0 Å². The molecule has 2 unspecified atom stereocenters. The fourth-order valence-electron chi connectivity index (χ4n) is 2.87. The monoisotopic (exact) mass is 360 g/mol. The average molecular weight is 360 g/mol. The quantitative estimate of drug-likeness (QED) is 0.688. The highest BCUT2D eigenvalue weighted by Gasteiger charge is 2.44. The summed E-state index contributed by atoms with van der Waals surface area (Å²) in [5.74, 6) is 0. The van der Waals surface area contributed by atoms with Crippen molar-refractivity contribution in [3.63, 3.8) is 0 Å². The lowest BCUT2D eigenvalue weighted by Crippen LogP contribution is -2.59. The predicted octanol–water partition coefficient (Wildman–Crippen LogP) is 1.23. The SMILES string of the molecule is O[C@@H]1OC(COCc2ccccc2)[C@H](O)[C@H](O)C1OCc1ccccc1. The van der Waals surface area contributed by atoms with E-state index in [1.807, 2.05) is 60.7 Å². The molecule has 26 heavy (non-hydrogen) atoms. The molecule has 2 aromatic carbocycles. The first kappa shape index (κ1) is 19.0. The van der Waals surface area contributed by atoms with Crippen molar-refractivity contribution < 1.29 is 29.5 Å². The van der Waals surface area contributed by atoms with Gasteiger partial charge in [0.05, 0.1) is 19.8 Å². The summed E-state index contributed by atoms with van der Waals surface area (Å²) in [4.78, 5) is 0. The van der Waals surface area contributed by atoms with Crippen LogP contribution in [0.25, 0.3) is 0 Å². The zero-order chi connectivity index (χ0) is 18.4. The van der Waals surface area contributed by atoms with E-state index in [0.29, 0.717) is 6.61 Å². The van der Waals surface area contributed by atoms with Crippen LogP contribution in [0.4, 0.5) is 0 Å². The van der Waals surface area contributed by atoms with Crippen molar-refractivity contribution >= 4 is 0 Å². The number of rotatable bonds is 7. The molecule has 0 bridgehead atoms. The normalized spacial score (nSPS) is 28.8. The van der Waals surface area contributed by atoms with E-state index in [2.05, 4.69) is 0 Å². The first-order valence-corrected chi connectivity index (χ1v) is 8.62. The number of benzene rings is 2. The fraction of sp³-hybridized carbons (Fsp3) is 0.400. The molecule has 0 aromatic heterocycles. The van der Waals surface area contributed by atoms with E-state index < -0.39 is 30.7 Å². The Kier molecular flexibility index (Phi) is 6.73. The summed E-state index contributed by atoms with van der Waals surface area (Å²) in [5.41, 5.74) is 1.89. The minimum atomic E-state index is -1.34. The summed E-state index contributed by atoms with van der Waals surface area (Å²) in [6.07, 6.45) is -5.69. The van der Waals surface area contributed by atoms with Crippen LogP contribution in [-0.2, 0) is 27.4 Å². The Balaban J connectivity index is 1.49. The highest BCUT2D eigenvalue weighted by atomic mass is 16.7. The highest BCUT2D eigenvalue weighted by Crippen LogP contribution is 2.24. The van der Waals surface area contributed by atoms with Crippen molar-refractivity contribution in [3.05, 3.63) is 71.8 Å². The van der Waals surface area contributed by atoms with Gasteiger partial charge in [-0.05, 0) is 11.1 Å². The standard InChI is InChI=1S/C20H24O6/c21-17-16(13-24-11-14-7-3-1-4-8-14)26-20(23)19(18(17)22)25-12-15-9-5-2-6-10-15/h1-10,16-23H,11-13H2/t16?,17-,18-,19?,20+/m0/s1. The van der Waals surface area contributed by atoms with Gasteiger partial charge in [0.2, 0.25) is 0 Å². The van der Waals surface area contributed by atoms with Crippen LogP contribution in [0.5, 0.6) is 0 Å². The van der Waals surface area contributed by atoms with Gasteiger partial charge in [-0.3, -0.25) is 0 Å². The molecule has 1 aliphatic rings. The molecule has 1 saturated heterocycles. The van der Waals surface area contributed by atoms with Crippen LogP contribution in [-0.4, -0.2) is 52.6 Å². The van der Waals surface area contributed by atoms with Gasteiger partial charge in [-0.15, -0.1) is 0 Å². The lowest BCUT2D eigenvalue weighted by molar-refractivity contribution is -0.300. The number of hydrogen-bond acceptors (Lipinski definition) is 6. The van der Waals surface area contributed by atoms with E-state index in [1.165, 1.54) is 0 Å². The van der Waals surface area contributed by atoms with Gasteiger partial charge >= 0.3 is 0 Å². The van der Waals surface area contributed by atoms with E-state index in [0.717, 1.165) is 11.1 Å². The summed E-state index contributed by atoms with van der Waals surface area (Å²) in [6.45, 7) is 0.605. The van der Waals surface area contributed by atoms with Crippen molar-refractivity contribution in [2.24, 2.45) is 0 Å². The van der Waals surface area contributed by atoms with E-state index in [9.17, 15) is 15.3 Å². The van der Waals surface area contributed by atoms with Crippen LogP contribution in [0.1, 0.15) is 11.1 Å². The molecule has 2 aromatic rings. The van der Waals surface area contributed by atoms with Crippen molar-refractivity contribution in [2.45, 2.75) is 43.9 Å². The molecule has 5 atom stereocenters. The second-order valence-electron chi connectivity index (χ2n) is 6.31. The van der Waals surface area contributed by atoms with Crippen LogP contribution in [0.2, 0.25) is 0 Å². The molecule has 0 amide bonds. The summed E-state index contributed by atoms with van der Waals surface area (Å²) in [6, 6.07) is 19.0. The van der Waals surface area contributed by atoms with Gasteiger partial charge in [-0.1, -0.05) is 60.7 Å². The Morgan fingerprint density at radius 1 is 0.769 bits per heavy atom. The third kappa shape index (κ3) is 4.88. The molecule has 0 spiro atoms. The Hall–Kier alpha value is -1.80. The van der Waals surface area contributed by atoms with Gasteiger partial charge in [-0.25, -0.2) is 0 Å². The molecular weight excluding hydrogens is 336 g/mol. The van der Waals surface area contributed by atoms with Gasteiger partial charge in [-0.2, -0.15) is 0 Å². The Morgan fingerprint density at radius 2 is 1.35 bits per heavy atom. The Bertz CT molecular complexity index is 648. The second-order valence-corrected chi connectivity index (χ2v) is 6.31.